The number of aromatic nitrogens is 2. The molecule has 1 N–H and O–H groups in total. The van der Waals surface area contributed by atoms with E-state index >= 15 is 0 Å². The van der Waals surface area contributed by atoms with Gasteiger partial charge in [-0.3, -0.25) is 5.10 Å². The molecule has 1 aromatic heterocycles. The van der Waals surface area contributed by atoms with E-state index in [9.17, 15) is 13.2 Å². The van der Waals surface area contributed by atoms with E-state index in [4.69, 9.17) is 0 Å². The van der Waals surface area contributed by atoms with E-state index in [-0.39, 0.29) is 0 Å². The molecular formula is C4H4BF3N2. The van der Waals surface area contributed by atoms with E-state index in [2.05, 4.69) is 10.2 Å². The third-order valence-electron chi connectivity index (χ3n) is 0.996. The van der Waals surface area contributed by atoms with E-state index in [1.54, 1.807) is 0 Å². The third kappa shape index (κ3) is 1.31. The zero-order chi connectivity index (χ0) is 7.78. The van der Waals surface area contributed by atoms with Crippen molar-refractivity contribution in [3.05, 3.63) is 11.8 Å². The van der Waals surface area contributed by atoms with Crippen molar-refractivity contribution in [2.24, 2.45) is 0 Å². The standard InChI is InChI=1S/C4H4BF3N2/c5-3-1-2(9-10-3)4(6,7)8/h1H,5H2,(H,9,10). The van der Waals surface area contributed by atoms with Crippen LogP contribution in [0, 0.1) is 0 Å². The molecule has 0 aliphatic carbocycles. The van der Waals surface area contributed by atoms with Crippen molar-refractivity contribution in [3.63, 3.8) is 0 Å². The molecule has 1 rings (SSSR count). The van der Waals surface area contributed by atoms with Gasteiger partial charge in [0.1, 0.15) is 0 Å². The summed E-state index contributed by atoms with van der Waals surface area (Å²) in [6, 6.07) is 0.958. The lowest BCUT2D eigenvalue weighted by Gasteiger charge is -1.98. The molecule has 0 spiro atoms. The molecule has 0 radical (unpaired) electrons. The second-order valence-electron chi connectivity index (χ2n) is 1.93. The van der Waals surface area contributed by atoms with Gasteiger partial charge in [-0.25, -0.2) is 0 Å². The van der Waals surface area contributed by atoms with Gasteiger partial charge in [-0.1, -0.05) is 0 Å². The van der Waals surface area contributed by atoms with Gasteiger partial charge >= 0.3 is 6.18 Å². The highest BCUT2D eigenvalue weighted by atomic mass is 19.4. The summed E-state index contributed by atoms with van der Waals surface area (Å²) < 4.78 is 35.2. The summed E-state index contributed by atoms with van der Waals surface area (Å²) in [4.78, 5) is 0. The fourth-order valence-electron chi connectivity index (χ4n) is 0.563. The molecular weight excluding hydrogens is 144 g/mol. The lowest BCUT2D eigenvalue weighted by Crippen LogP contribution is -2.05. The predicted octanol–water partition coefficient (Wildman–Crippen LogP) is -0.313. The van der Waals surface area contributed by atoms with Crippen LogP contribution in [0.4, 0.5) is 13.2 Å². The first-order valence-electron chi connectivity index (χ1n) is 2.59. The molecule has 54 valence electrons. The number of nitrogens with zero attached hydrogens (tertiary/aromatic N) is 1. The Kier molecular flexibility index (Phi) is 1.46. The molecule has 0 atom stereocenters. The largest absolute Gasteiger partial charge is 0.435 e. The number of halogens is 3. The van der Waals surface area contributed by atoms with Gasteiger partial charge in [-0.2, -0.15) is 18.3 Å². The highest BCUT2D eigenvalue weighted by molar-refractivity contribution is 6.30. The zero-order valence-electron chi connectivity index (χ0n) is 5.16. The number of nitrogens with one attached hydrogen (secondary N) is 1. The van der Waals surface area contributed by atoms with Crippen LogP contribution in [0.3, 0.4) is 0 Å². The Bertz CT molecular complexity index is 229. The molecule has 0 aliphatic rings. The van der Waals surface area contributed by atoms with Crippen LogP contribution >= 0.6 is 0 Å². The molecule has 0 aromatic carbocycles. The molecule has 6 heteroatoms. The van der Waals surface area contributed by atoms with Gasteiger partial charge < -0.3 is 0 Å². The van der Waals surface area contributed by atoms with Gasteiger partial charge in [0.25, 0.3) is 0 Å². The molecule has 0 amide bonds. The topological polar surface area (TPSA) is 28.7 Å². The molecule has 0 unspecified atom stereocenters. The Hall–Kier alpha value is -0.935. The first kappa shape index (κ1) is 7.18. The van der Waals surface area contributed by atoms with Gasteiger partial charge in [-0.15, -0.1) is 0 Å². The molecule has 10 heavy (non-hydrogen) atoms. The molecule has 0 aliphatic heterocycles. The zero-order valence-corrected chi connectivity index (χ0v) is 5.16. The van der Waals surface area contributed by atoms with Crippen molar-refractivity contribution in [1.29, 1.82) is 0 Å². The van der Waals surface area contributed by atoms with Crippen molar-refractivity contribution < 1.29 is 13.2 Å². The Labute approximate surface area is 55.8 Å². The third-order valence-corrected chi connectivity index (χ3v) is 0.996. The summed E-state index contributed by atoms with van der Waals surface area (Å²) in [5, 5.41) is 5.24. The SMILES string of the molecule is Bc1cc(C(F)(F)F)n[nH]1. The van der Waals surface area contributed by atoms with Gasteiger partial charge in [0.2, 0.25) is 0 Å². The quantitative estimate of drug-likeness (QED) is 0.502. The first-order valence-corrected chi connectivity index (χ1v) is 2.59. The van der Waals surface area contributed by atoms with E-state index < -0.39 is 11.9 Å². The summed E-state index contributed by atoms with van der Waals surface area (Å²) in [6.07, 6.45) is -4.33. The number of hydrogen-bond donors (Lipinski definition) is 1. The maximum absolute atomic E-state index is 11.7. The average Bonchev–Trinajstić information content (AvgIpc) is 2.11. The van der Waals surface area contributed by atoms with Crippen LogP contribution in [0.1, 0.15) is 5.69 Å². The normalized spacial score (nSPS) is 11.9. The van der Waals surface area contributed by atoms with Gasteiger partial charge in [0.15, 0.2) is 13.5 Å². The number of hydrogen-bond acceptors (Lipinski definition) is 1. The summed E-state index contributed by atoms with van der Waals surface area (Å²) in [5.41, 5.74) is -0.461. The maximum atomic E-state index is 11.7. The lowest BCUT2D eigenvalue weighted by molar-refractivity contribution is -0.141. The number of H-pyrrole nitrogens is 1. The Morgan fingerprint density at radius 3 is 2.30 bits per heavy atom. The van der Waals surface area contributed by atoms with Crippen molar-refractivity contribution in [2.75, 3.05) is 0 Å². The summed E-state index contributed by atoms with van der Waals surface area (Å²) in [7, 11) is 1.52. The molecule has 1 aromatic rings. The molecule has 0 bridgehead atoms. The van der Waals surface area contributed by atoms with Crippen molar-refractivity contribution in [1.82, 2.24) is 10.2 Å². The smallest absolute Gasteiger partial charge is 0.292 e. The minimum atomic E-state index is -4.33. The second-order valence-corrected chi connectivity index (χ2v) is 1.93. The molecule has 0 saturated carbocycles. The van der Waals surface area contributed by atoms with Gasteiger partial charge in [-0.05, 0) is 11.7 Å². The summed E-state index contributed by atoms with van der Waals surface area (Å²) >= 11 is 0. The fraction of sp³-hybridized carbons (Fsp3) is 0.250. The predicted molar refractivity (Wildman–Crippen MR) is 31.8 cm³/mol. The van der Waals surface area contributed by atoms with Crippen LogP contribution in [0.15, 0.2) is 6.07 Å². The highest BCUT2D eigenvalue weighted by Crippen LogP contribution is 2.25. The Morgan fingerprint density at radius 1 is 1.50 bits per heavy atom. The van der Waals surface area contributed by atoms with Crippen LogP contribution in [-0.2, 0) is 6.18 Å². The van der Waals surface area contributed by atoms with Crippen LogP contribution < -0.4 is 5.59 Å². The van der Waals surface area contributed by atoms with E-state index in [0.717, 1.165) is 6.07 Å². The van der Waals surface area contributed by atoms with Gasteiger partial charge in [0.05, 0.1) is 0 Å². The molecule has 0 fully saturated rings. The van der Waals surface area contributed by atoms with Crippen LogP contribution in [0.2, 0.25) is 0 Å². The Balaban J connectivity index is 2.96. The fourth-order valence-corrected chi connectivity index (χ4v) is 0.563. The second kappa shape index (κ2) is 2.03. The van der Waals surface area contributed by atoms with E-state index in [1.807, 2.05) is 0 Å². The number of alkyl halides is 3. The first-order chi connectivity index (χ1) is 4.50. The van der Waals surface area contributed by atoms with Crippen molar-refractivity contribution in [2.45, 2.75) is 6.18 Å². The van der Waals surface area contributed by atoms with Crippen LogP contribution in [0.25, 0.3) is 0 Å². The summed E-state index contributed by atoms with van der Waals surface area (Å²) in [5.74, 6) is 0. The molecule has 1 heterocycles. The lowest BCUT2D eigenvalue weighted by atomic mass is 10.1. The van der Waals surface area contributed by atoms with E-state index in [1.165, 1.54) is 7.85 Å². The molecule has 2 nitrogen and oxygen atoms in total. The van der Waals surface area contributed by atoms with Crippen molar-refractivity contribution >= 4 is 13.4 Å². The average molecular weight is 148 g/mol. The maximum Gasteiger partial charge on any atom is 0.435 e. The monoisotopic (exact) mass is 148 g/mol. The highest BCUT2D eigenvalue weighted by Gasteiger charge is 2.33. The Morgan fingerprint density at radius 2 is 2.10 bits per heavy atom. The van der Waals surface area contributed by atoms with Gasteiger partial charge in [0, 0.05) is 0 Å². The summed E-state index contributed by atoms with van der Waals surface area (Å²) in [6.45, 7) is 0. The number of rotatable bonds is 0. The van der Waals surface area contributed by atoms with Crippen LogP contribution in [-0.4, -0.2) is 18.0 Å². The molecule has 0 saturated heterocycles. The van der Waals surface area contributed by atoms with Crippen LogP contribution in [0.5, 0.6) is 0 Å². The van der Waals surface area contributed by atoms with Crippen molar-refractivity contribution in [3.8, 4) is 0 Å². The van der Waals surface area contributed by atoms with E-state index in [0.29, 0.717) is 5.59 Å². The minimum absolute atomic E-state index is 0.410. The number of aromatic amines is 1. The minimum Gasteiger partial charge on any atom is -0.292 e.